The lowest BCUT2D eigenvalue weighted by Gasteiger charge is -2.32. The van der Waals surface area contributed by atoms with E-state index in [1.165, 1.54) is 29.3 Å². The van der Waals surface area contributed by atoms with Crippen LogP contribution < -0.4 is 5.32 Å². The summed E-state index contributed by atoms with van der Waals surface area (Å²) in [6.07, 6.45) is 4.12. The minimum absolute atomic E-state index is 0.0441. The molecular formula is C19H18F3N3O2S. The zero-order valence-electron chi connectivity index (χ0n) is 14.8. The van der Waals surface area contributed by atoms with Crippen LogP contribution in [0.2, 0.25) is 0 Å². The molecule has 0 saturated carbocycles. The molecule has 1 aromatic heterocycles. The number of rotatable bonds is 4. The third kappa shape index (κ3) is 5.25. The Balaban J connectivity index is 1.59. The Morgan fingerprint density at radius 1 is 1.11 bits per heavy atom. The molecule has 1 fully saturated rings. The number of hydrogen-bond acceptors (Lipinski definition) is 4. The van der Waals surface area contributed by atoms with Crippen LogP contribution in [0.25, 0.3) is 0 Å². The summed E-state index contributed by atoms with van der Waals surface area (Å²) < 4.78 is 38.2. The second-order valence-electron chi connectivity index (χ2n) is 6.33. The zero-order chi connectivity index (χ0) is 20.1. The van der Waals surface area contributed by atoms with Crippen molar-refractivity contribution in [2.24, 2.45) is 0 Å². The van der Waals surface area contributed by atoms with Gasteiger partial charge < -0.3 is 10.2 Å². The van der Waals surface area contributed by atoms with E-state index in [4.69, 9.17) is 0 Å². The first-order valence-corrected chi connectivity index (χ1v) is 9.50. The van der Waals surface area contributed by atoms with Crippen LogP contribution >= 0.6 is 11.8 Å². The molecule has 1 saturated heterocycles. The van der Waals surface area contributed by atoms with Gasteiger partial charge in [-0.3, -0.25) is 14.6 Å². The molecule has 3 rings (SSSR count). The van der Waals surface area contributed by atoms with E-state index in [2.05, 4.69) is 10.3 Å². The van der Waals surface area contributed by atoms with Crippen molar-refractivity contribution < 1.29 is 22.8 Å². The fourth-order valence-electron chi connectivity index (χ4n) is 3.02. The molecular weight excluding hydrogens is 391 g/mol. The lowest BCUT2D eigenvalue weighted by molar-refractivity contribution is -0.0328. The molecule has 0 spiro atoms. The molecule has 2 aromatic rings. The van der Waals surface area contributed by atoms with E-state index >= 15 is 0 Å². The number of benzene rings is 1. The van der Waals surface area contributed by atoms with Gasteiger partial charge in [0.15, 0.2) is 0 Å². The number of aromatic nitrogens is 1. The number of alkyl halides is 3. The molecule has 0 atom stereocenters. The number of pyridine rings is 1. The summed E-state index contributed by atoms with van der Waals surface area (Å²) in [4.78, 5) is 30.2. The number of thioether (sulfide) groups is 1. The smallest absolute Gasteiger partial charge is 0.349 e. The standard InChI is InChI=1S/C19H18F3N3O2S/c20-19(21,22)28-16-6-2-1-5-15(16)18(27)25-10-7-14(8-11-25)24-17(26)13-4-3-9-23-12-13/h1-6,9,12,14H,7-8,10-11H2,(H,24,26). The second kappa shape index (κ2) is 8.64. The maximum absolute atomic E-state index is 12.7. The highest BCUT2D eigenvalue weighted by molar-refractivity contribution is 8.00. The van der Waals surface area contributed by atoms with Gasteiger partial charge in [0.25, 0.3) is 11.8 Å². The molecule has 148 valence electrons. The van der Waals surface area contributed by atoms with E-state index in [0.717, 1.165) is 0 Å². The number of halogens is 3. The molecule has 2 amide bonds. The quantitative estimate of drug-likeness (QED) is 0.782. The molecule has 9 heteroatoms. The average molecular weight is 409 g/mol. The third-order valence-corrected chi connectivity index (χ3v) is 5.19. The summed E-state index contributed by atoms with van der Waals surface area (Å²) in [7, 11) is 0. The number of amides is 2. The summed E-state index contributed by atoms with van der Waals surface area (Å²) in [5.74, 6) is -0.658. The highest BCUT2D eigenvalue weighted by Crippen LogP contribution is 2.38. The normalized spacial score (nSPS) is 15.3. The first-order valence-electron chi connectivity index (χ1n) is 8.68. The van der Waals surface area contributed by atoms with Crippen molar-refractivity contribution in [1.29, 1.82) is 0 Å². The lowest BCUT2D eigenvalue weighted by atomic mass is 10.0. The zero-order valence-corrected chi connectivity index (χ0v) is 15.6. The molecule has 0 aliphatic carbocycles. The van der Waals surface area contributed by atoms with Crippen molar-refractivity contribution in [3.63, 3.8) is 0 Å². The van der Waals surface area contributed by atoms with Crippen molar-refractivity contribution in [2.45, 2.75) is 29.3 Å². The first-order chi connectivity index (χ1) is 13.3. The van der Waals surface area contributed by atoms with Gasteiger partial charge in [0.2, 0.25) is 0 Å². The van der Waals surface area contributed by atoms with Crippen molar-refractivity contribution in [1.82, 2.24) is 15.2 Å². The Morgan fingerprint density at radius 3 is 2.46 bits per heavy atom. The van der Waals surface area contributed by atoms with Gasteiger partial charge in [0, 0.05) is 36.4 Å². The van der Waals surface area contributed by atoms with Crippen molar-refractivity contribution >= 4 is 23.6 Å². The highest BCUT2D eigenvalue weighted by Gasteiger charge is 2.32. The van der Waals surface area contributed by atoms with Crippen LogP contribution in [0.15, 0.2) is 53.7 Å². The van der Waals surface area contributed by atoms with E-state index in [0.29, 0.717) is 31.5 Å². The van der Waals surface area contributed by atoms with E-state index < -0.39 is 11.4 Å². The Morgan fingerprint density at radius 2 is 1.82 bits per heavy atom. The van der Waals surface area contributed by atoms with Crippen LogP contribution in [-0.2, 0) is 0 Å². The van der Waals surface area contributed by atoms with Gasteiger partial charge in [-0.1, -0.05) is 12.1 Å². The highest BCUT2D eigenvalue weighted by atomic mass is 32.2. The van der Waals surface area contributed by atoms with Gasteiger partial charge in [-0.15, -0.1) is 0 Å². The topological polar surface area (TPSA) is 62.3 Å². The SMILES string of the molecule is O=C(NC1CCN(C(=O)c2ccccc2SC(F)(F)F)CC1)c1cccnc1. The second-order valence-corrected chi connectivity index (χ2v) is 7.43. The molecule has 2 heterocycles. The largest absolute Gasteiger partial charge is 0.446 e. The molecule has 0 bridgehead atoms. The Kier molecular flexibility index (Phi) is 6.23. The molecule has 1 aliphatic rings. The van der Waals surface area contributed by atoms with Crippen LogP contribution in [0.5, 0.6) is 0 Å². The minimum atomic E-state index is -4.46. The molecule has 0 unspecified atom stereocenters. The minimum Gasteiger partial charge on any atom is -0.349 e. The number of carbonyl (C=O) groups excluding carboxylic acids is 2. The number of piperidine rings is 1. The number of carbonyl (C=O) groups is 2. The van der Waals surface area contributed by atoms with Crippen LogP contribution in [0.1, 0.15) is 33.6 Å². The van der Waals surface area contributed by atoms with E-state index in [9.17, 15) is 22.8 Å². The van der Waals surface area contributed by atoms with Gasteiger partial charge in [0.05, 0.1) is 11.1 Å². The molecule has 5 nitrogen and oxygen atoms in total. The van der Waals surface area contributed by atoms with Gasteiger partial charge in [-0.25, -0.2) is 0 Å². The maximum atomic E-state index is 12.7. The number of hydrogen-bond donors (Lipinski definition) is 1. The fraction of sp³-hybridized carbons (Fsp3) is 0.316. The van der Waals surface area contributed by atoms with E-state index in [1.54, 1.807) is 24.4 Å². The van der Waals surface area contributed by atoms with Crippen molar-refractivity contribution in [2.75, 3.05) is 13.1 Å². The average Bonchev–Trinajstić information content (AvgIpc) is 2.68. The number of nitrogens with one attached hydrogen (secondary N) is 1. The van der Waals surface area contributed by atoms with Gasteiger partial charge in [0.1, 0.15) is 0 Å². The van der Waals surface area contributed by atoms with Crippen molar-refractivity contribution in [3.05, 3.63) is 59.9 Å². The van der Waals surface area contributed by atoms with Crippen LogP contribution in [0.4, 0.5) is 13.2 Å². The molecule has 1 aromatic carbocycles. The van der Waals surface area contributed by atoms with Crippen LogP contribution in [0.3, 0.4) is 0 Å². The summed E-state index contributed by atoms with van der Waals surface area (Å²) in [5, 5.41) is 2.91. The van der Waals surface area contributed by atoms with Gasteiger partial charge >= 0.3 is 5.51 Å². The van der Waals surface area contributed by atoms with Crippen LogP contribution in [-0.4, -0.2) is 46.3 Å². The number of nitrogens with zero attached hydrogens (tertiary/aromatic N) is 2. The van der Waals surface area contributed by atoms with E-state index in [-0.39, 0.29) is 34.2 Å². The monoisotopic (exact) mass is 409 g/mol. The summed E-state index contributed by atoms with van der Waals surface area (Å²) in [6, 6.07) is 8.97. The Hall–Kier alpha value is -2.55. The predicted octanol–water partition coefficient (Wildman–Crippen LogP) is 3.73. The Bertz CT molecular complexity index is 838. The first kappa shape index (κ1) is 20.2. The van der Waals surface area contributed by atoms with Crippen molar-refractivity contribution in [3.8, 4) is 0 Å². The number of likely N-dealkylation sites (tertiary alicyclic amines) is 1. The Labute approximate surface area is 164 Å². The molecule has 28 heavy (non-hydrogen) atoms. The molecule has 1 N–H and O–H groups in total. The predicted molar refractivity (Wildman–Crippen MR) is 99.0 cm³/mol. The van der Waals surface area contributed by atoms with Gasteiger partial charge in [-0.05, 0) is 48.9 Å². The molecule has 1 aliphatic heterocycles. The van der Waals surface area contributed by atoms with E-state index in [1.807, 2.05) is 0 Å². The maximum Gasteiger partial charge on any atom is 0.446 e. The third-order valence-electron chi connectivity index (χ3n) is 4.38. The van der Waals surface area contributed by atoms with Crippen LogP contribution in [0, 0.1) is 0 Å². The summed E-state index contributed by atoms with van der Waals surface area (Å²) in [6.45, 7) is 0.726. The fourth-order valence-corrected chi connectivity index (χ4v) is 3.68. The summed E-state index contributed by atoms with van der Waals surface area (Å²) >= 11 is -0.284. The summed E-state index contributed by atoms with van der Waals surface area (Å²) in [5.41, 5.74) is -3.96. The lowest BCUT2D eigenvalue weighted by Crippen LogP contribution is -2.46. The molecule has 0 radical (unpaired) electrons. The van der Waals surface area contributed by atoms with Gasteiger partial charge in [-0.2, -0.15) is 13.2 Å².